The predicted molar refractivity (Wildman–Crippen MR) is 102 cm³/mol. The number of hydrogen-bond acceptors (Lipinski definition) is 8. The van der Waals surface area contributed by atoms with Crippen molar-refractivity contribution in [2.75, 3.05) is 17.7 Å². The second-order valence-corrected chi connectivity index (χ2v) is 6.70. The molecule has 1 N–H and O–H groups in total. The number of nitro groups is 1. The lowest BCUT2D eigenvalue weighted by Gasteiger charge is -2.07. The van der Waals surface area contributed by atoms with Crippen LogP contribution in [-0.4, -0.2) is 34.1 Å². The Labute approximate surface area is 167 Å². The largest absolute Gasteiger partial charge is 0.455 e. The Morgan fingerprint density at radius 3 is 2.79 bits per heavy atom. The molecular weight excluding hydrogens is 410 g/mol. The molecular formula is C17H12ClN3O6S. The van der Waals surface area contributed by atoms with Gasteiger partial charge in [-0.2, -0.15) is 0 Å². The van der Waals surface area contributed by atoms with Gasteiger partial charge >= 0.3 is 5.97 Å². The highest BCUT2D eigenvalue weighted by molar-refractivity contribution is 7.99. The van der Waals surface area contributed by atoms with E-state index in [0.29, 0.717) is 16.3 Å². The molecule has 2 aromatic carbocycles. The SMILES string of the molecule is O=C(COC(=O)CSc1nc2ccccc2o1)Nc1ccc([N+](=O)[O-])cc1Cl. The van der Waals surface area contributed by atoms with Crippen LogP contribution in [0.15, 0.2) is 52.1 Å². The molecule has 11 heteroatoms. The van der Waals surface area contributed by atoms with Crippen LogP contribution in [0.2, 0.25) is 5.02 Å². The van der Waals surface area contributed by atoms with E-state index < -0.39 is 23.4 Å². The third kappa shape index (κ3) is 4.99. The average molecular weight is 422 g/mol. The van der Waals surface area contributed by atoms with Crippen molar-refractivity contribution >= 4 is 57.7 Å². The highest BCUT2D eigenvalue weighted by Crippen LogP contribution is 2.26. The van der Waals surface area contributed by atoms with Crippen molar-refractivity contribution < 1.29 is 23.7 Å². The van der Waals surface area contributed by atoms with Gasteiger partial charge in [-0.1, -0.05) is 35.5 Å². The van der Waals surface area contributed by atoms with Crippen molar-refractivity contribution in [1.29, 1.82) is 0 Å². The second-order valence-electron chi connectivity index (χ2n) is 5.37. The van der Waals surface area contributed by atoms with Gasteiger partial charge in [0.15, 0.2) is 12.2 Å². The Kier molecular flexibility index (Phi) is 6.12. The maximum atomic E-state index is 11.9. The topological polar surface area (TPSA) is 125 Å². The number of anilines is 1. The van der Waals surface area contributed by atoms with Gasteiger partial charge < -0.3 is 14.5 Å². The number of esters is 1. The smallest absolute Gasteiger partial charge is 0.316 e. The fourth-order valence-electron chi connectivity index (χ4n) is 2.13. The molecule has 0 spiro atoms. The Bertz CT molecular complexity index is 1020. The van der Waals surface area contributed by atoms with E-state index in [1.807, 2.05) is 12.1 Å². The molecule has 0 aliphatic heterocycles. The molecule has 0 atom stereocenters. The van der Waals surface area contributed by atoms with Gasteiger partial charge in [0.05, 0.1) is 15.6 Å². The molecule has 0 saturated carbocycles. The molecule has 0 aliphatic rings. The van der Waals surface area contributed by atoms with E-state index >= 15 is 0 Å². The number of halogens is 1. The number of ether oxygens (including phenoxy) is 1. The van der Waals surface area contributed by atoms with Crippen molar-refractivity contribution in [1.82, 2.24) is 4.98 Å². The summed E-state index contributed by atoms with van der Waals surface area (Å²) < 4.78 is 10.3. The molecule has 1 aromatic heterocycles. The minimum atomic E-state index is -0.629. The molecule has 1 amide bonds. The first-order valence-electron chi connectivity index (χ1n) is 7.80. The zero-order valence-electron chi connectivity index (χ0n) is 14.1. The van der Waals surface area contributed by atoms with Gasteiger partial charge in [-0.05, 0) is 18.2 Å². The number of carbonyl (C=O) groups is 2. The number of aromatic nitrogens is 1. The molecule has 0 aliphatic carbocycles. The van der Waals surface area contributed by atoms with Crippen molar-refractivity contribution in [3.8, 4) is 0 Å². The predicted octanol–water partition coefficient (Wildman–Crippen LogP) is 3.66. The third-order valence-corrected chi connectivity index (χ3v) is 4.50. The Morgan fingerprint density at radius 2 is 2.07 bits per heavy atom. The summed E-state index contributed by atoms with van der Waals surface area (Å²) in [6.07, 6.45) is 0. The van der Waals surface area contributed by atoms with Gasteiger partial charge in [0.2, 0.25) is 0 Å². The Hall–Kier alpha value is -3.11. The Balaban J connectivity index is 1.46. The summed E-state index contributed by atoms with van der Waals surface area (Å²) in [5.74, 6) is -1.34. The van der Waals surface area contributed by atoms with Crippen LogP contribution in [0.5, 0.6) is 0 Å². The van der Waals surface area contributed by atoms with Gasteiger partial charge in [-0.3, -0.25) is 19.7 Å². The number of carbonyl (C=O) groups excluding carboxylic acids is 2. The fourth-order valence-corrected chi connectivity index (χ4v) is 2.98. The van der Waals surface area contributed by atoms with E-state index in [1.54, 1.807) is 12.1 Å². The third-order valence-electron chi connectivity index (χ3n) is 3.39. The fraction of sp³-hybridized carbons (Fsp3) is 0.118. The summed E-state index contributed by atoms with van der Waals surface area (Å²) >= 11 is 6.93. The van der Waals surface area contributed by atoms with E-state index in [1.165, 1.54) is 12.1 Å². The monoisotopic (exact) mass is 421 g/mol. The number of hydrogen-bond donors (Lipinski definition) is 1. The van der Waals surface area contributed by atoms with Crippen LogP contribution in [0.1, 0.15) is 0 Å². The zero-order valence-corrected chi connectivity index (χ0v) is 15.7. The number of nitrogens with zero attached hydrogens (tertiary/aromatic N) is 2. The lowest BCUT2D eigenvalue weighted by atomic mass is 10.3. The summed E-state index contributed by atoms with van der Waals surface area (Å²) in [6.45, 7) is -0.528. The molecule has 1 heterocycles. The van der Waals surface area contributed by atoms with Gasteiger partial charge in [0, 0.05) is 12.1 Å². The summed E-state index contributed by atoms with van der Waals surface area (Å²) in [5, 5.41) is 13.4. The van der Waals surface area contributed by atoms with Crippen molar-refractivity contribution in [3.63, 3.8) is 0 Å². The standard InChI is InChI=1S/C17H12ClN3O6S/c18-11-7-10(21(24)25)5-6-12(11)19-15(22)8-26-16(23)9-28-17-20-13-3-1-2-4-14(13)27-17/h1-7H,8-9H2,(H,19,22). The van der Waals surface area contributed by atoms with Crippen LogP contribution in [-0.2, 0) is 14.3 Å². The molecule has 0 bridgehead atoms. The summed E-state index contributed by atoms with van der Waals surface area (Å²) in [6, 6.07) is 10.8. The van der Waals surface area contributed by atoms with E-state index in [4.69, 9.17) is 20.8 Å². The molecule has 3 aromatic rings. The van der Waals surface area contributed by atoms with Crippen molar-refractivity contribution in [3.05, 3.63) is 57.6 Å². The number of nitro benzene ring substituents is 1. The van der Waals surface area contributed by atoms with E-state index in [0.717, 1.165) is 17.8 Å². The summed E-state index contributed by atoms with van der Waals surface area (Å²) in [4.78, 5) is 37.9. The van der Waals surface area contributed by atoms with Gasteiger partial charge in [-0.15, -0.1) is 0 Å². The van der Waals surface area contributed by atoms with Crippen LogP contribution in [0.25, 0.3) is 11.1 Å². The zero-order chi connectivity index (χ0) is 20.1. The van der Waals surface area contributed by atoms with Gasteiger partial charge in [-0.25, -0.2) is 4.98 Å². The minimum absolute atomic E-state index is 0.000363. The summed E-state index contributed by atoms with van der Waals surface area (Å²) in [7, 11) is 0. The van der Waals surface area contributed by atoms with E-state index in [9.17, 15) is 19.7 Å². The van der Waals surface area contributed by atoms with Crippen LogP contribution >= 0.6 is 23.4 Å². The second kappa shape index (κ2) is 8.72. The number of benzene rings is 2. The van der Waals surface area contributed by atoms with Crippen LogP contribution in [0.4, 0.5) is 11.4 Å². The number of fused-ring (bicyclic) bond motifs is 1. The number of rotatable bonds is 7. The van der Waals surface area contributed by atoms with E-state index in [-0.39, 0.29) is 22.2 Å². The minimum Gasteiger partial charge on any atom is -0.455 e. The molecule has 0 unspecified atom stereocenters. The number of non-ortho nitro benzene ring substituents is 1. The van der Waals surface area contributed by atoms with Crippen LogP contribution in [0.3, 0.4) is 0 Å². The molecule has 0 radical (unpaired) electrons. The normalized spacial score (nSPS) is 10.6. The Morgan fingerprint density at radius 1 is 1.29 bits per heavy atom. The quantitative estimate of drug-likeness (QED) is 0.265. The van der Waals surface area contributed by atoms with Gasteiger partial charge in [0.25, 0.3) is 16.8 Å². The molecule has 9 nitrogen and oxygen atoms in total. The van der Waals surface area contributed by atoms with Crippen LogP contribution < -0.4 is 5.32 Å². The molecule has 144 valence electrons. The number of oxazole rings is 1. The maximum Gasteiger partial charge on any atom is 0.316 e. The first kappa shape index (κ1) is 19.6. The number of thioether (sulfide) groups is 1. The highest BCUT2D eigenvalue weighted by atomic mass is 35.5. The average Bonchev–Trinajstić information content (AvgIpc) is 3.09. The number of nitrogens with one attached hydrogen (secondary N) is 1. The van der Waals surface area contributed by atoms with Gasteiger partial charge in [0.1, 0.15) is 11.3 Å². The molecule has 0 fully saturated rings. The van der Waals surface area contributed by atoms with E-state index in [2.05, 4.69) is 10.3 Å². The summed E-state index contributed by atoms with van der Waals surface area (Å²) in [5.41, 5.74) is 1.26. The highest BCUT2D eigenvalue weighted by Gasteiger charge is 2.14. The lowest BCUT2D eigenvalue weighted by Crippen LogP contribution is -2.21. The van der Waals surface area contributed by atoms with Crippen LogP contribution in [0, 0.1) is 10.1 Å². The number of amides is 1. The van der Waals surface area contributed by atoms with Crippen molar-refractivity contribution in [2.45, 2.75) is 5.22 Å². The first-order chi connectivity index (χ1) is 13.4. The first-order valence-corrected chi connectivity index (χ1v) is 9.16. The maximum absolute atomic E-state index is 11.9. The lowest BCUT2D eigenvalue weighted by molar-refractivity contribution is -0.384. The van der Waals surface area contributed by atoms with Crippen molar-refractivity contribution in [2.24, 2.45) is 0 Å². The molecule has 3 rings (SSSR count). The molecule has 28 heavy (non-hydrogen) atoms. The number of para-hydroxylation sites is 2. The molecule has 0 saturated heterocycles.